The van der Waals surface area contributed by atoms with Crippen molar-refractivity contribution < 1.29 is 28.6 Å². The number of esters is 1. The largest absolute Gasteiger partial charge is 0.497 e. The molecule has 0 heterocycles. The summed E-state index contributed by atoms with van der Waals surface area (Å²) in [5, 5.41) is 5.47. The van der Waals surface area contributed by atoms with Gasteiger partial charge in [0, 0.05) is 6.54 Å². The summed E-state index contributed by atoms with van der Waals surface area (Å²) in [4.78, 5) is 36.9. The molecule has 0 aliphatic rings. The van der Waals surface area contributed by atoms with Crippen LogP contribution in [0.15, 0.2) is 72.8 Å². The molecule has 182 valence electrons. The van der Waals surface area contributed by atoms with Gasteiger partial charge in [0.15, 0.2) is 6.61 Å². The fourth-order valence-electron chi connectivity index (χ4n) is 3.10. The van der Waals surface area contributed by atoms with Crippen molar-refractivity contribution in [1.29, 1.82) is 0 Å². The lowest BCUT2D eigenvalue weighted by Crippen LogP contribution is -2.26. The predicted octanol–water partition coefficient (Wildman–Crippen LogP) is 3.88. The number of benzene rings is 3. The van der Waals surface area contributed by atoms with Gasteiger partial charge in [0.05, 0.1) is 31.4 Å². The zero-order chi connectivity index (χ0) is 25.0. The molecule has 0 unspecified atom stereocenters. The second-order valence-corrected chi connectivity index (χ2v) is 7.70. The number of amides is 2. The van der Waals surface area contributed by atoms with Crippen molar-refractivity contribution in [3.05, 3.63) is 89.5 Å². The minimum atomic E-state index is -0.571. The molecule has 3 aromatic carbocycles. The van der Waals surface area contributed by atoms with E-state index in [2.05, 4.69) is 10.6 Å². The van der Waals surface area contributed by atoms with E-state index in [1.54, 1.807) is 55.6 Å². The summed E-state index contributed by atoms with van der Waals surface area (Å²) in [7, 11) is 1.57. The van der Waals surface area contributed by atoms with Gasteiger partial charge in [-0.1, -0.05) is 42.0 Å². The van der Waals surface area contributed by atoms with Gasteiger partial charge in [0.1, 0.15) is 11.5 Å². The Bertz CT molecular complexity index is 1140. The number of hydrogen-bond acceptors (Lipinski definition) is 6. The zero-order valence-corrected chi connectivity index (χ0v) is 19.7. The molecule has 8 nitrogen and oxygen atoms in total. The Morgan fingerprint density at radius 3 is 2.26 bits per heavy atom. The summed E-state index contributed by atoms with van der Waals surface area (Å²) >= 11 is 0. The molecule has 0 saturated carbocycles. The van der Waals surface area contributed by atoms with E-state index in [0.29, 0.717) is 29.3 Å². The van der Waals surface area contributed by atoms with Crippen LogP contribution in [0.1, 0.15) is 27.9 Å². The second kappa shape index (κ2) is 12.8. The van der Waals surface area contributed by atoms with Gasteiger partial charge >= 0.3 is 5.97 Å². The molecule has 0 atom stereocenters. The smallest absolute Gasteiger partial charge is 0.309 e. The lowest BCUT2D eigenvalue weighted by molar-refractivity contribution is -0.147. The number of nitrogens with one attached hydrogen (secondary N) is 2. The second-order valence-electron chi connectivity index (χ2n) is 7.70. The highest BCUT2D eigenvalue weighted by Crippen LogP contribution is 2.17. The highest BCUT2D eigenvalue weighted by atomic mass is 16.5. The minimum absolute atomic E-state index is 0.0166. The molecule has 3 aromatic rings. The molecule has 0 bridgehead atoms. The number of anilines is 1. The Kier molecular flexibility index (Phi) is 9.24. The van der Waals surface area contributed by atoms with Crippen molar-refractivity contribution in [3.63, 3.8) is 0 Å². The average Bonchev–Trinajstić information content (AvgIpc) is 2.87. The van der Waals surface area contributed by atoms with Gasteiger partial charge in [-0.15, -0.1) is 0 Å². The van der Waals surface area contributed by atoms with Gasteiger partial charge in [-0.2, -0.15) is 0 Å². The maximum atomic E-state index is 12.7. The fraction of sp³-hybridized carbons (Fsp3) is 0.222. The van der Waals surface area contributed by atoms with Crippen molar-refractivity contribution in [3.8, 4) is 11.5 Å². The molecule has 3 rings (SSSR count). The van der Waals surface area contributed by atoms with Crippen LogP contribution in [-0.2, 0) is 20.9 Å². The highest BCUT2D eigenvalue weighted by molar-refractivity contribution is 6.04. The van der Waals surface area contributed by atoms with Gasteiger partial charge in [0.2, 0.25) is 0 Å². The van der Waals surface area contributed by atoms with Crippen LogP contribution >= 0.6 is 0 Å². The van der Waals surface area contributed by atoms with E-state index in [9.17, 15) is 14.4 Å². The van der Waals surface area contributed by atoms with E-state index in [4.69, 9.17) is 14.2 Å². The Hall–Kier alpha value is -4.33. The first-order valence-electron chi connectivity index (χ1n) is 11.1. The van der Waals surface area contributed by atoms with Crippen LogP contribution in [0.5, 0.6) is 11.5 Å². The first kappa shape index (κ1) is 25.3. The first-order chi connectivity index (χ1) is 16.9. The van der Waals surface area contributed by atoms with Crippen LogP contribution in [0.3, 0.4) is 0 Å². The van der Waals surface area contributed by atoms with Gasteiger partial charge in [-0.25, -0.2) is 0 Å². The van der Waals surface area contributed by atoms with Crippen molar-refractivity contribution >= 4 is 23.5 Å². The number of ether oxygens (including phenoxy) is 3. The number of carbonyl (C=O) groups excluding carboxylic acids is 3. The van der Waals surface area contributed by atoms with E-state index >= 15 is 0 Å². The maximum absolute atomic E-state index is 12.7. The molecule has 0 aliphatic heterocycles. The monoisotopic (exact) mass is 476 g/mol. The molecule has 0 spiro atoms. The van der Waals surface area contributed by atoms with Gasteiger partial charge in [-0.3, -0.25) is 14.4 Å². The van der Waals surface area contributed by atoms with E-state index < -0.39 is 18.5 Å². The number of methoxy groups -OCH3 is 1. The van der Waals surface area contributed by atoms with Gasteiger partial charge < -0.3 is 24.8 Å². The summed E-state index contributed by atoms with van der Waals surface area (Å²) in [6.45, 7) is 1.99. The molecule has 0 saturated heterocycles. The van der Waals surface area contributed by atoms with Crippen molar-refractivity contribution in [1.82, 2.24) is 5.32 Å². The number of para-hydroxylation sites is 1. The molecule has 35 heavy (non-hydrogen) atoms. The van der Waals surface area contributed by atoms with Gasteiger partial charge in [0.25, 0.3) is 11.8 Å². The first-order valence-corrected chi connectivity index (χ1v) is 11.1. The molecule has 2 N–H and O–H groups in total. The van der Waals surface area contributed by atoms with E-state index in [-0.39, 0.29) is 18.9 Å². The molecule has 0 aromatic heterocycles. The highest BCUT2D eigenvalue weighted by Gasteiger charge is 2.14. The number of aryl methyl sites for hydroxylation is 1. The summed E-state index contributed by atoms with van der Waals surface area (Å²) in [5.41, 5.74) is 2.75. The molecule has 0 fully saturated rings. The van der Waals surface area contributed by atoms with Crippen molar-refractivity contribution in [2.75, 3.05) is 25.6 Å². The predicted molar refractivity (Wildman–Crippen MR) is 131 cm³/mol. The topological polar surface area (TPSA) is 103 Å². The molecule has 8 heteroatoms. The number of rotatable bonds is 11. The Balaban J connectivity index is 1.43. The van der Waals surface area contributed by atoms with Gasteiger partial charge in [-0.05, 0) is 48.9 Å². The quantitative estimate of drug-likeness (QED) is 0.407. The zero-order valence-electron chi connectivity index (χ0n) is 19.7. The summed E-state index contributed by atoms with van der Waals surface area (Å²) in [6.07, 6.45) is -0.0166. The lowest BCUT2D eigenvalue weighted by Gasteiger charge is -2.12. The third kappa shape index (κ3) is 8.19. The van der Waals surface area contributed by atoms with Crippen molar-refractivity contribution in [2.45, 2.75) is 19.9 Å². The Morgan fingerprint density at radius 1 is 0.857 bits per heavy atom. The van der Waals surface area contributed by atoms with Crippen LogP contribution in [0, 0.1) is 6.92 Å². The molecule has 2 amide bonds. The third-order valence-electron chi connectivity index (χ3n) is 5.02. The summed E-state index contributed by atoms with van der Waals surface area (Å²) < 4.78 is 15.6. The normalized spacial score (nSPS) is 10.2. The van der Waals surface area contributed by atoms with Crippen LogP contribution in [0.2, 0.25) is 0 Å². The summed E-state index contributed by atoms with van der Waals surface area (Å²) in [6, 6.07) is 21.4. The minimum Gasteiger partial charge on any atom is -0.497 e. The van der Waals surface area contributed by atoms with E-state index in [1.807, 2.05) is 31.2 Å². The Morgan fingerprint density at radius 2 is 1.54 bits per heavy atom. The molecular formula is C27H28N2O6. The average molecular weight is 477 g/mol. The number of hydrogen-bond donors (Lipinski definition) is 2. The molecular weight excluding hydrogens is 448 g/mol. The van der Waals surface area contributed by atoms with Crippen LogP contribution in [0.25, 0.3) is 0 Å². The maximum Gasteiger partial charge on any atom is 0.309 e. The fourth-order valence-corrected chi connectivity index (χ4v) is 3.10. The standard InChI is InChI=1S/C27H28N2O6/c1-19-7-9-20(10-8-19)17-28-27(32)23-5-3-4-6-24(23)29-25(30)18-35-26(31)15-16-34-22-13-11-21(33-2)12-14-22/h3-14H,15-18H2,1-2H3,(H,28,32)(H,29,30). The van der Waals surface area contributed by atoms with E-state index in [0.717, 1.165) is 11.1 Å². The van der Waals surface area contributed by atoms with Crippen LogP contribution in [0.4, 0.5) is 5.69 Å². The molecule has 0 radical (unpaired) electrons. The number of carbonyl (C=O) groups is 3. The Labute approximate surface area is 204 Å². The van der Waals surface area contributed by atoms with Crippen molar-refractivity contribution in [2.24, 2.45) is 0 Å². The van der Waals surface area contributed by atoms with Crippen LogP contribution < -0.4 is 20.1 Å². The van der Waals surface area contributed by atoms with E-state index in [1.165, 1.54) is 0 Å². The lowest BCUT2D eigenvalue weighted by atomic mass is 10.1. The third-order valence-corrected chi connectivity index (χ3v) is 5.02. The molecule has 0 aliphatic carbocycles. The van der Waals surface area contributed by atoms with Crippen LogP contribution in [-0.4, -0.2) is 38.1 Å². The summed E-state index contributed by atoms with van der Waals surface area (Å²) in [5.74, 6) is -0.151. The SMILES string of the molecule is COc1ccc(OCCC(=O)OCC(=O)Nc2ccccc2C(=O)NCc2ccc(C)cc2)cc1.